The van der Waals surface area contributed by atoms with Crippen LogP contribution in [-0.2, 0) is 9.59 Å². The van der Waals surface area contributed by atoms with Gasteiger partial charge < -0.3 is 4.90 Å². The maximum Gasteiger partial charge on any atom is 0.266 e. The van der Waals surface area contributed by atoms with Crippen molar-refractivity contribution in [1.82, 2.24) is 9.80 Å². The van der Waals surface area contributed by atoms with Crippen LogP contribution in [0.2, 0.25) is 0 Å². The fourth-order valence-electron chi connectivity index (χ4n) is 3.13. The number of aryl methyl sites for hydroxylation is 1. The Labute approximate surface area is 164 Å². The van der Waals surface area contributed by atoms with Crippen LogP contribution in [0.15, 0.2) is 29.2 Å². The molecule has 4 nitrogen and oxygen atoms in total. The van der Waals surface area contributed by atoms with Crippen LogP contribution in [0.4, 0.5) is 0 Å². The van der Waals surface area contributed by atoms with E-state index >= 15 is 0 Å². The molecular formula is C20H24N2O2S2. The second-order valence-corrected chi connectivity index (χ2v) is 8.73. The maximum atomic E-state index is 12.6. The van der Waals surface area contributed by atoms with Gasteiger partial charge in [-0.1, -0.05) is 60.7 Å². The predicted molar refractivity (Wildman–Crippen MR) is 111 cm³/mol. The summed E-state index contributed by atoms with van der Waals surface area (Å²) in [7, 11) is 0. The molecule has 0 N–H and O–H groups in total. The molecule has 0 bridgehead atoms. The highest BCUT2D eigenvalue weighted by Gasteiger charge is 2.32. The van der Waals surface area contributed by atoms with Crippen LogP contribution in [0.1, 0.15) is 37.3 Å². The van der Waals surface area contributed by atoms with Crippen molar-refractivity contribution in [2.75, 3.05) is 19.6 Å². The maximum absolute atomic E-state index is 12.6. The third-order valence-electron chi connectivity index (χ3n) is 4.93. The Balaban J connectivity index is 1.59. The Morgan fingerprint density at radius 3 is 2.58 bits per heavy atom. The first kappa shape index (κ1) is 19.1. The molecule has 0 unspecified atom stereocenters. The van der Waals surface area contributed by atoms with Gasteiger partial charge in [0.2, 0.25) is 5.91 Å². The molecule has 0 aromatic heterocycles. The van der Waals surface area contributed by atoms with E-state index < -0.39 is 0 Å². The SMILES string of the molecule is Cc1ccc(C=C2SC(=S)N(CCC(=O)N3CCC(C)CC3)C2=O)cc1. The number of thioether (sulfide) groups is 1. The normalized spacial score (nSPS) is 20.3. The second-order valence-electron chi connectivity index (χ2n) is 7.06. The molecule has 6 heteroatoms. The smallest absolute Gasteiger partial charge is 0.266 e. The van der Waals surface area contributed by atoms with E-state index in [2.05, 4.69) is 6.92 Å². The average molecular weight is 389 g/mol. The predicted octanol–water partition coefficient (Wildman–Crippen LogP) is 3.84. The minimum atomic E-state index is -0.0966. The number of rotatable bonds is 4. The second kappa shape index (κ2) is 8.35. The van der Waals surface area contributed by atoms with Crippen LogP contribution in [-0.4, -0.2) is 45.6 Å². The number of thiocarbonyl (C=S) groups is 1. The molecule has 1 aromatic carbocycles. The molecule has 2 saturated heterocycles. The molecule has 2 heterocycles. The summed E-state index contributed by atoms with van der Waals surface area (Å²) in [5, 5.41) is 0. The third kappa shape index (κ3) is 4.54. The quantitative estimate of drug-likeness (QED) is 0.580. The summed E-state index contributed by atoms with van der Waals surface area (Å²) in [6.45, 7) is 6.27. The molecular weight excluding hydrogens is 364 g/mol. The monoisotopic (exact) mass is 388 g/mol. The van der Waals surface area contributed by atoms with Crippen LogP contribution in [0, 0.1) is 12.8 Å². The van der Waals surface area contributed by atoms with Gasteiger partial charge in [0.25, 0.3) is 5.91 Å². The van der Waals surface area contributed by atoms with Crippen molar-refractivity contribution in [2.45, 2.75) is 33.1 Å². The molecule has 3 rings (SSSR count). The number of nitrogens with zero attached hydrogens (tertiary/aromatic N) is 2. The van der Waals surface area contributed by atoms with Crippen LogP contribution in [0.25, 0.3) is 6.08 Å². The van der Waals surface area contributed by atoms with E-state index in [0.29, 0.717) is 28.1 Å². The summed E-state index contributed by atoms with van der Waals surface area (Å²) in [6.07, 6.45) is 4.32. The highest BCUT2D eigenvalue weighted by molar-refractivity contribution is 8.26. The molecule has 0 radical (unpaired) electrons. The Bertz CT molecular complexity index is 735. The van der Waals surface area contributed by atoms with Crippen molar-refractivity contribution >= 4 is 46.2 Å². The van der Waals surface area contributed by atoms with E-state index in [9.17, 15) is 9.59 Å². The van der Waals surface area contributed by atoms with Crippen LogP contribution in [0.5, 0.6) is 0 Å². The van der Waals surface area contributed by atoms with Gasteiger partial charge in [-0.15, -0.1) is 0 Å². The molecule has 1 aromatic rings. The fourth-order valence-corrected chi connectivity index (χ4v) is 4.44. The van der Waals surface area contributed by atoms with E-state index in [4.69, 9.17) is 12.2 Å². The molecule has 2 amide bonds. The van der Waals surface area contributed by atoms with Crippen molar-refractivity contribution in [3.63, 3.8) is 0 Å². The van der Waals surface area contributed by atoms with Gasteiger partial charge >= 0.3 is 0 Å². The molecule has 0 spiro atoms. The number of piperidine rings is 1. The van der Waals surface area contributed by atoms with Gasteiger partial charge in [-0.3, -0.25) is 14.5 Å². The van der Waals surface area contributed by atoms with E-state index in [1.54, 1.807) is 4.90 Å². The molecule has 2 aliphatic heterocycles. The molecule has 2 aliphatic rings. The number of amides is 2. The fraction of sp³-hybridized carbons (Fsp3) is 0.450. The highest BCUT2D eigenvalue weighted by Crippen LogP contribution is 2.32. The zero-order chi connectivity index (χ0) is 18.7. The molecule has 0 saturated carbocycles. The lowest BCUT2D eigenvalue weighted by Gasteiger charge is -2.30. The van der Waals surface area contributed by atoms with E-state index in [-0.39, 0.29) is 11.8 Å². The molecule has 2 fully saturated rings. The number of carbonyl (C=O) groups is 2. The van der Waals surface area contributed by atoms with Crippen LogP contribution < -0.4 is 0 Å². The van der Waals surface area contributed by atoms with Crippen molar-refractivity contribution in [3.8, 4) is 0 Å². The van der Waals surface area contributed by atoms with Crippen LogP contribution in [0.3, 0.4) is 0 Å². The van der Waals surface area contributed by atoms with Gasteiger partial charge in [-0.25, -0.2) is 0 Å². The molecule has 0 aliphatic carbocycles. The first-order valence-electron chi connectivity index (χ1n) is 9.04. The summed E-state index contributed by atoms with van der Waals surface area (Å²) in [5.41, 5.74) is 2.16. The summed E-state index contributed by atoms with van der Waals surface area (Å²) >= 11 is 6.67. The van der Waals surface area contributed by atoms with E-state index in [0.717, 1.165) is 31.5 Å². The number of hydrogen-bond acceptors (Lipinski definition) is 4. The van der Waals surface area contributed by atoms with Gasteiger partial charge in [-0.2, -0.15) is 0 Å². The minimum Gasteiger partial charge on any atom is -0.343 e. The van der Waals surface area contributed by atoms with E-state index in [1.165, 1.54) is 17.3 Å². The standard InChI is InChI=1S/C20H24N2O2S2/c1-14-3-5-16(6-4-14)13-17-19(24)22(20(25)26-17)12-9-18(23)21-10-7-15(2)8-11-21/h3-6,13,15H,7-12H2,1-2H3. The van der Waals surface area contributed by atoms with Crippen LogP contribution >= 0.6 is 24.0 Å². The summed E-state index contributed by atoms with van der Waals surface area (Å²) in [4.78, 5) is 29.1. The largest absolute Gasteiger partial charge is 0.343 e. The van der Waals surface area contributed by atoms with Gasteiger partial charge in [0, 0.05) is 26.1 Å². The van der Waals surface area contributed by atoms with E-state index in [1.807, 2.05) is 42.2 Å². The van der Waals surface area contributed by atoms with Gasteiger partial charge in [0.15, 0.2) is 0 Å². The Morgan fingerprint density at radius 2 is 1.92 bits per heavy atom. The minimum absolute atomic E-state index is 0.0966. The first-order chi connectivity index (χ1) is 12.4. The Kier molecular flexibility index (Phi) is 6.14. The summed E-state index contributed by atoms with van der Waals surface area (Å²) in [6, 6.07) is 8.01. The lowest BCUT2D eigenvalue weighted by molar-refractivity contribution is -0.133. The Hall–Kier alpha value is -1.66. The summed E-state index contributed by atoms with van der Waals surface area (Å²) in [5.74, 6) is 0.715. The Morgan fingerprint density at radius 1 is 1.27 bits per heavy atom. The highest BCUT2D eigenvalue weighted by atomic mass is 32.2. The zero-order valence-electron chi connectivity index (χ0n) is 15.2. The molecule has 138 valence electrons. The number of hydrogen-bond donors (Lipinski definition) is 0. The number of likely N-dealkylation sites (tertiary alicyclic amines) is 1. The van der Waals surface area contributed by atoms with Gasteiger partial charge in [-0.05, 0) is 37.3 Å². The third-order valence-corrected chi connectivity index (χ3v) is 6.31. The molecule has 26 heavy (non-hydrogen) atoms. The topological polar surface area (TPSA) is 40.6 Å². The molecule has 0 atom stereocenters. The van der Waals surface area contributed by atoms with Crippen molar-refractivity contribution < 1.29 is 9.59 Å². The summed E-state index contributed by atoms with van der Waals surface area (Å²) < 4.78 is 0.536. The van der Waals surface area contributed by atoms with Gasteiger partial charge in [0.05, 0.1) is 4.91 Å². The zero-order valence-corrected chi connectivity index (χ0v) is 16.9. The number of carbonyl (C=O) groups excluding carboxylic acids is 2. The lowest BCUT2D eigenvalue weighted by atomic mass is 9.99. The average Bonchev–Trinajstić information content (AvgIpc) is 2.89. The van der Waals surface area contributed by atoms with Crippen molar-refractivity contribution in [2.24, 2.45) is 5.92 Å². The van der Waals surface area contributed by atoms with Crippen molar-refractivity contribution in [1.29, 1.82) is 0 Å². The first-order valence-corrected chi connectivity index (χ1v) is 10.3. The van der Waals surface area contributed by atoms with Gasteiger partial charge in [0.1, 0.15) is 4.32 Å². The van der Waals surface area contributed by atoms with Crippen molar-refractivity contribution in [3.05, 3.63) is 40.3 Å². The number of benzene rings is 1. The lowest BCUT2D eigenvalue weighted by Crippen LogP contribution is -2.40.